The molecule has 0 aliphatic carbocycles. The van der Waals surface area contributed by atoms with Gasteiger partial charge in [0.1, 0.15) is 11.2 Å². The summed E-state index contributed by atoms with van der Waals surface area (Å²) in [4.78, 5) is 24.5. The molecule has 0 amide bonds. The molecule has 0 spiro atoms. The minimum absolute atomic E-state index is 0.159. The molecule has 1 saturated heterocycles. The summed E-state index contributed by atoms with van der Waals surface area (Å²) in [6, 6.07) is 7.10. The number of anilines is 2. The summed E-state index contributed by atoms with van der Waals surface area (Å²) in [6.07, 6.45) is 3.31. The Bertz CT molecular complexity index is 1290. The zero-order chi connectivity index (χ0) is 21.4. The Morgan fingerprint density at radius 1 is 1.13 bits per heavy atom. The number of benzene rings is 1. The predicted molar refractivity (Wildman–Crippen MR) is 118 cm³/mol. The summed E-state index contributed by atoms with van der Waals surface area (Å²) in [5, 5.41) is 11.9. The average Bonchev–Trinajstić information content (AvgIpc) is 3.30. The van der Waals surface area contributed by atoms with Gasteiger partial charge in [-0.25, -0.2) is 4.98 Å². The molecule has 3 aromatic heterocycles. The van der Waals surface area contributed by atoms with Crippen LogP contribution in [0.5, 0.6) is 0 Å². The van der Waals surface area contributed by atoms with Crippen molar-refractivity contribution in [2.24, 2.45) is 0 Å². The highest BCUT2D eigenvalue weighted by atomic mass is 16.4. The summed E-state index contributed by atoms with van der Waals surface area (Å²) >= 11 is 0. The molecule has 0 saturated carbocycles. The number of fused-ring (bicyclic) bond motifs is 1. The number of piperazine rings is 1. The molecule has 31 heavy (non-hydrogen) atoms. The average molecular weight is 418 g/mol. The third-order valence-corrected chi connectivity index (χ3v) is 5.36. The maximum Gasteiger partial charge on any atom is 0.253 e. The van der Waals surface area contributed by atoms with E-state index in [9.17, 15) is 4.79 Å². The molecular formula is C21H22N8O2. The SMILES string of the molecule is CCn1cc(-c2nnc(-c3ccc(N)cc3)o2)c(=O)c2cnc(N3CCNCC3)nc21. The van der Waals surface area contributed by atoms with Crippen molar-refractivity contribution < 1.29 is 4.42 Å². The molecule has 3 N–H and O–H groups in total. The fourth-order valence-corrected chi connectivity index (χ4v) is 3.65. The molecule has 0 atom stereocenters. The van der Waals surface area contributed by atoms with E-state index in [1.807, 2.05) is 11.5 Å². The fraction of sp³-hybridized carbons (Fsp3) is 0.286. The van der Waals surface area contributed by atoms with Crippen molar-refractivity contribution >= 4 is 22.7 Å². The van der Waals surface area contributed by atoms with Gasteiger partial charge in [0.2, 0.25) is 17.3 Å². The van der Waals surface area contributed by atoms with E-state index in [1.165, 1.54) is 0 Å². The van der Waals surface area contributed by atoms with Crippen molar-refractivity contribution in [3.05, 3.63) is 46.9 Å². The summed E-state index contributed by atoms with van der Waals surface area (Å²) < 4.78 is 7.72. The van der Waals surface area contributed by atoms with E-state index in [0.717, 1.165) is 31.7 Å². The molecule has 10 heteroatoms. The molecule has 0 radical (unpaired) electrons. The van der Waals surface area contributed by atoms with Gasteiger partial charge in [-0.05, 0) is 31.2 Å². The van der Waals surface area contributed by atoms with Crippen molar-refractivity contribution in [3.63, 3.8) is 0 Å². The van der Waals surface area contributed by atoms with Crippen LogP contribution in [0, 0.1) is 0 Å². The standard InChI is InChI=1S/C21H22N8O2/c1-2-28-12-16(20-27-26-19(31-20)13-3-5-14(22)6-4-13)17(30)15-11-24-21(25-18(15)28)29-9-7-23-8-10-29/h3-6,11-12,23H,2,7-10,22H2,1H3. The first-order valence-electron chi connectivity index (χ1n) is 10.2. The van der Waals surface area contributed by atoms with Gasteiger partial charge < -0.3 is 24.9 Å². The van der Waals surface area contributed by atoms with Gasteiger partial charge in [0.15, 0.2) is 0 Å². The predicted octanol–water partition coefficient (Wildman–Crippen LogP) is 1.52. The summed E-state index contributed by atoms with van der Waals surface area (Å²) in [6.45, 7) is 6.04. The van der Waals surface area contributed by atoms with E-state index in [-0.39, 0.29) is 11.3 Å². The van der Waals surface area contributed by atoms with Crippen molar-refractivity contribution in [1.29, 1.82) is 0 Å². The van der Waals surface area contributed by atoms with E-state index < -0.39 is 0 Å². The van der Waals surface area contributed by atoms with Crippen LogP contribution in [0.4, 0.5) is 11.6 Å². The molecule has 1 aliphatic rings. The van der Waals surface area contributed by atoms with E-state index in [4.69, 9.17) is 15.1 Å². The molecule has 4 heterocycles. The van der Waals surface area contributed by atoms with E-state index in [2.05, 4.69) is 25.4 Å². The Hall–Kier alpha value is -3.79. The van der Waals surface area contributed by atoms with Crippen molar-refractivity contribution in [2.75, 3.05) is 36.8 Å². The van der Waals surface area contributed by atoms with E-state index in [1.54, 1.807) is 36.7 Å². The fourth-order valence-electron chi connectivity index (χ4n) is 3.65. The normalized spacial score (nSPS) is 14.3. The zero-order valence-corrected chi connectivity index (χ0v) is 17.1. The van der Waals surface area contributed by atoms with Gasteiger partial charge in [0, 0.05) is 56.4 Å². The van der Waals surface area contributed by atoms with Crippen molar-refractivity contribution in [3.8, 4) is 22.9 Å². The lowest BCUT2D eigenvalue weighted by atomic mass is 10.2. The maximum absolute atomic E-state index is 13.2. The van der Waals surface area contributed by atoms with Crippen LogP contribution in [-0.4, -0.2) is 50.9 Å². The number of hydrogen-bond donors (Lipinski definition) is 2. The quantitative estimate of drug-likeness (QED) is 0.474. The second kappa shape index (κ2) is 7.80. The van der Waals surface area contributed by atoms with Gasteiger partial charge in [-0.1, -0.05) is 0 Å². The van der Waals surface area contributed by atoms with Crippen LogP contribution in [0.3, 0.4) is 0 Å². The van der Waals surface area contributed by atoms with Crippen molar-refractivity contribution in [2.45, 2.75) is 13.5 Å². The lowest BCUT2D eigenvalue weighted by Crippen LogP contribution is -2.44. The Labute approximate surface area is 177 Å². The minimum atomic E-state index is -0.237. The lowest BCUT2D eigenvalue weighted by molar-refractivity contribution is 0.579. The molecule has 5 rings (SSSR count). The van der Waals surface area contributed by atoms with Crippen LogP contribution in [0.2, 0.25) is 0 Å². The maximum atomic E-state index is 13.2. The molecule has 10 nitrogen and oxygen atoms in total. The molecule has 1 aromatic carbocycles. The molecule has 0 unspecified atom stereocenters. The van der Waals surface area contributed by atoms with Gasteiger partial charge in [0.05, 0.1) is 5.39 Å². The van der Waals surface area contributed by atoms with Gasteiger partial charge in [-0.2, -0.15) is 4.98 Å². The monoisotopic (exact) mass is 418 g/mol. The number of nitrogen functional groups attached to an aromatic ring is 1. The van der Waals surface area contributed by atoms with Crippen LogP contribution in [-0.2, 0) is 6.54 Å². The van der Waals surface area contributed by atoms with Crippen LogP contribution in [0.25, 0.3) is 33.9 Å². The van der Waals surface area contributed by atoms with Crippen LogP contribution in [0.1, 0.15) is 6.92 Å². The summed E-state index contributed by atoms with van der Waals surface area (Å²) in [7, 11) is 0. The van der Waals surface area contributed by atoms with Gasteiger partial charge in [-0.3, -0.25) is 4.79 Å². The van der Waals surface area contributed by atoms with E-state index >= 15 is 0 Å². The first-order chi connectivity index (χ1) is 15.1. The molecule has 1 fully saturated rings. The minimum Gasteiger partial charge on any atom is -0.416 e. The van der Waals surface area contributed by atoms with Gasteiger partial charge >= 0.3 is 0 Å². The van der Waals surface area contributed by atoms with Crippen LogP contribution in [0.15, 0.2) is 45.9 Å². The highest BCUT2D eigenvalue weighted by Gasteiger charge is 2.20. The second-order valence-corrected chi connectivity index (χ2v) is 7.34. The van der Waals surface area contributed by atoms with Crippen molar-refractivity contribution in [1.82, 2.24) is 30.0 Å². The second-order valence-electron chi connectivity index (χ2n) is 7.34. The topological polar surface area (TPSA) is 128 Å². The number of nitrogens with two attached hydrogens (primary N) is 1. The first-order valence-corrected chi connectivity index (χ1v) is 10.2. The largest absolute Gasteiger partial charge is 0.416 e. The van der Waals surface area contributed by atoms with E-state index in [0.29, 0.717) is 40.7 Å². The summed E-state index contributed by atoms with van der Waals surface area (Å²) in [5.74, 6) is 1.11. The third-order valence-electron chi connectivity index (χ3n) is 5.36. The molecule has 0 bridgehead atoms. The molecule has 4 aromatic rings. The highest BCUT2D eigenvalue weighted by Crippen LogP contribution is 2.24. The van der Waals surface area contributed by atoms with Gasteiger partial charge in [-0.15, -0.1) is 10.2 Å². The Kier molecular flexibility index (Phi) is 4.83. The van der Waals surface area contributed by atoms with Gasteiger partial charge in [0.25, 0.3) is 5.89 Å². The molecule has 158 valence electrons. The number of aryl methyl sites for hydroxylation is 1. The number of pyridine rings is 1. The Morgan fingerprint density at radius 3 is 2.61 bits per heavy atom. The highest BCUT2D eigenvalue weighted by molar-refractivity contribution is 5.80. The smallest absolute Gasteiger partial charge is 0.253 e. The number of nitrogens with zero attached hydrogens (tertiary/aromatic N) is 6. The third kappa shape index (κ3) is 3.50. The Morgan fingerprint density at radius 2 is 1.87 bits per heavy atom. The lowest BCUT2D eigenvalue weighted by Gasteiger charge is -2.27. The number of aromatic nitrogens is 5. The summed E-state index contributed by atoms with van der Waals surface area (Å²) in [5.41, 5.74) is 7.79. The Balaban J connectivity index is 1.58. The number of rotatable bonds is 4. The molecular weight excluding hydrogens is 396 g/mol. The van der Waals surface area contributed by atoms with Crippen LogP contribution < -0.4 is 21.4 Å². The zero-order valence-electron chi connectivity index (χ0n) is 17.1. The number of nitrogens with one attached hydrogen (secondary N) is 1. The molecule has 1 aliphatic heterocycles. The first kappa shape index (κ1) is 19.2. The number of hydrogen-bond acceptors (Lipinski definition) is 9. The van der Waals surface area contributed by atoms with Crippen LogP contribution >= 0.6 is 0 Å².